The molecule has 1 saturated heterocycles. The average molecular weight is 300 g/mol. The smallest absolute Gasteiger partial charge is 0.324 e. The molecule has 0 spiro atoms. The lowest BCUT2D eigenvalue weighted by molar-refractivity contribution is 0.343. The molecule has 3 aromatic rings. The van der Waals surface area contributed by atoms with Gasteiger partial charge in [-0.2, -0.15) is 4.98 Å². The largest absolute Gasteiger partial charge is 0.328 e. The lowest BCUT2D eigenvalue weighted by Crippen LogP contribution is -2.46. The van der Waals surface area contributed by atoms with Crippen molar-refractivity contribution < 1.29 is 4.39 Å². The van der Waals surface area contributed by atoms with Crippen LogP contribution in [0.1, 0.15) is 6.04 Å². The molecule has 112 valence electrons. The Labute approximate surface area is 124 Å². The van der Waals surface area contributed by atoms with Gasteiger partial charge in [-0.3, -0.25) is 4.57 Å². The molecule has 0 bridgehead atoms. The lowest BCUT2D eigenvalue weighted by atomic mass is 10.2. The van der Waals surface area contributed by atoms with Gasteiger partial charge in [-0.05, 0) is 24.3 Å². The zero-order chi connectivity index (χ0) is 15.1. The monoisotopic (exact) mass is 300 g/mol. The summed E-state index contributed by atoms with van der Waals surface area (Å²) in [5, 5.41) is 6.13. The molecular weight excluding hydrogens is 287 g/mol. The van der Waals surface area contributed by atoms with E-state index >= 15 is 0 Å². The van der Waals surface area contributed by atoms with Gasteiger partial charge in [-0.1, -0.05) is 0 Å². The van der Waals surface area contributed by atoms with Crippen LogP contribution in [0.5, 0.6) is 0 Å². The fraction of sp³-hybridized carbons (Fsp3) is 0.214. The van der Waals surface area contributed by atoms with Crippen molar-refractivity contribution in [2.45, 2.75) is 6.04 Å². The highest BCUT2D eigenvalue weighted by Crippen LogP contribution is 2.18. The maximum Gasteiger partial charge on any atom is 0.328 e. The van der Waals surface area contributed by atoms with Crippen LogP contribution >= 0.6 is 0 Å². The van der Waals surface area contributed by atoms with E-state index in [0.717, 1.165) is 13.1 Å². The van der Waals surface area contributed by atoms with E-state index in [4.69, 9.17) is 0 Å². The SMILES string of the molecule is O=c1[nH]c2cnc(Nc3ccc(F)cc3)nc2n1C1CNC1. The molecule has 4 rings (SSSR count). The minimum Gasteiger partial charge on any atom is -0.324 e. The molecule has 3 heterocycles. The molecule has 0 aliphatic carbocycles. The van der Waals surface area contributed by atoms with Gasteiger partial charge in [0.1, 0.15) is 11.3 Å². The van der Waals surface area contributed by atoms with E-state index in [1.165, 1.54) is 12.1 Å². The summed E-state index contributed by atoms with van der Waals surface area (Å²) in [5.74, 6) is 0.0537. The number of imidazole rings is 1. The van der Waals surface area contributed by atoms with E-state index in [9.17, 15) is 9.18 Å². The van der Waals surface area contributed by atoms with Gasteiger partial charge in [0.15, 0.2) is 5.65 Å². The van der Waals surface area contributed by atoms with E-state index < -0.39 is 0 Å². The van der Waals surface area contributed by atoms with Crippen LogP contribution in [0.3, 0.4) is 0 Å². The van der Waals surface area contributed by atoms with E-state index in [1.807, 2.05) is 0 Å². The molecule has 0 radical (unpaired) electrons. The third-order valence-corrected chi connectivity index (χ3v) is 3.68. The summed E-state index contributed by atoms with van der Waals surface area (Å²) in [6.07, 6.45) is 1.57. The summed E-state index contributed by atoms with van der Waals surface area (Å²) < 4.78 is 14.6. The molecule has 2 aromatic heterocycles. The highest BCUT2D eigenvalue weighted by atomic mass is 19.1. The Hall–Kier alpha value is -2.74. The third-order valence-electron chi connectivity index (χ3n) is 3.68. The number of aromatic nitrogens is 4. The highest BCUT2D eigenvalue weighted by molar-refractivity contribution is 5.72. The number of benzene rings is 1. The van der Waals surface area contributed by atoms with Crippen LogP contribution in [0.4, 0.5) is 16.0 Å². The molecule has 22 heavy (non-hydrogen) atoms. The summed E-state index contributed by atoms with van der Waals surface area (Å²) in [6.45, 7) is 1.50. The fourth-order valence-corrected chi connectivity index (χ4v) is 2.43. The number of H-pyrrole nitrogens is 1. The Morgan fingerprint density at radius 1 is 1.27 bits per heavy atom. The van der Waals surface area contributed by atoms with Gasteiger partial charge in [-0.25, -0.2) is 14.2 Å². The summed E-state index contributed by atoms with van der Waals surface area (Å²) in [5.41, 5.74) is 1.66. The molecule has 8 heteroatoms. The van der Waals surface area contributed by atoms with Crippen molar-refractivity contribution in [2.75, 3.05) is 18.4 Å². The zero-order valence-corrected chi connectivity index (χ0v) is 11.5. The number of fused-ring (bicyclic) bond motifs is 1. The summed E-state index contributed by atoms with van der Waals surface area (Å²) in [4.78, 5) is 23.4. The zero-order valence-electron chi connectivity index (χ0n) is 11.5. The quantitative estimate of drug-likeness (QED) is 0.675. The number of nitrogens with zero attached hydrogens (tertiary/aromatic N) is 3. The normalized spacial score (nSPS) is 15.0. The summed E-state index contributed by atoms with van der Waals surface area (Å²) >= 11 is 0. The van der Waals surface area contributed by atoms with Crippen molar-refractivity contribution in [3.63, 3.8) is 0 Å². The molecule has 0 unspecified atom stereocenters. The highest BCUT2D eigenvalue weighted by Gasteiger charge is 2.24. The Kier molecular flexibility index (Phi) is 2.90. The maximum absolute atomic E-state index is 12.9. The van der Waals surface area contributed by atoms with Gasteiger partial charge in [0.2, 0.25) is 5.95 Å². The number of hydrogen-bond acceptors (Lipinski definition) is 5. The van der Waals surface area contributed by atoms with Crippen LogP contribution < -0.4 is 16.3 Å². The van der Waals surface area contributed by atoms with Gasteiger partial charge in [0, 0.05) is 18.8 Å². The van der Waals surface area contributed by atoms with Crippen LogP contribution in [0, 0.1) is 5.82 Å². The molecule has 0 saturated carbocycles. The predicted molar refractivity (Wildman–Crippen MR) is 79.7 cm³/mol. The second-order valence-corrected chi connectivity index (χ2v) is 5.18. The van der Waals surface area contributed by atoms with Gasteiger partial charge < -0.3 is 15.6 Å². The van der Waals surface area contributed by atoms with Crippen LogP contribution in [-0.2, 0) is 0 Å². The summed E-state index contributed by atoms with van der Waals surface area (Å²) in [7, 11) is 0. The number of anilines is 2. The van der Waals surface area contributed by atoms with Crippen molar-refractivity contribution >= 4 is 22.8 Å². The molecule has 3 N–H and O–H groups in total. The van der Waals surface area contributed by atoms with Crippen LogP contribution in [-0.4, -0.2) is 32.6 Å². The average Bonchev–Trinajstić information content (AvgIpc) is 2.76. The van der Waals surface area contributed by atoms with Crippen molar-refractivity contribution in [1.29, 1.82) is 0 Å². The molecular formula is C14H13FN6O. The number of hydrogen-bond donors (Lipinski definition) is 3. The first kappa shape index (κ1) is 13.0. The molecule has 1 aliphatic rings. The van der Waals surface area contributed by atoms with E-state index in [0.29, 0.717) is 22.8 Å². The van der Waals surface area contributed by atoms with Crippen molar-refractivity contribution in [2.24, 2.45) is 0 Å². The number of rotatable bonds is 3. The van der Waals surface area contributed by atoms with Crippen LogP contribution in [0.2, 0.25) is 0 Å². The van der Waals surface area contributed by atoms with Gasteiger partial charge in [0.05, 0.1) is 12.2 Å². The first-order chi connectivity index (χ1) is 10.7. The van der Waals surface area contributed by atoms with E-state index in [-0.39, 0.29) is 17.5 Å². The first-order valence-electron chi connectivity index (χ1n) is 6.91. The number of halogens is 1. The van der Waals surface area contributed by atoms with Crippen LogP contribution in [0.25, 0.3) is 11.2 Å². The molecule has 1 fully saturated rings. The molecule has 0 amide bonds. The van der Waals surface area contributed by atoms with Gasteiger partial charge >= 0.3 is 5.69 Å². The summed E-state index contributed by atoms with van der Waals surface area (Å²) in [6, 6.07) is 6.02. The predicted octanol–water partition coefficient (Wildman–Crippen LogP) is 1.15. The van der Waals surface area contributed by atoms with Crippen LogP contribution in [0.15, 0.2) is 35.3 Å². The van der Waals surface area contributed by atoms with Crippen molar-refractivity contribution in [3.05, 3.63) is 46.8 Å². The van der Waals surface area contributed by atoms with Crippen molar-refractivity contribution in [1.82, 2.24) is 24.8 Å². The number of aromatic amines is 1. The standard InChI is InChI=1S/C14H13FN6O/c15-8-1-3-9(4-2-8)18-13-17-7-11-12(20-13)21(14(22)19-11)10-5-16-6-10/h1-4,7,10,16H,5-6H2,(H,19,22)(H,17,18,20). The molecule has 1 aromatic carbocycles. The lowest BCUT2D eigenvalue weighted by Gasteiger charge is -2.27. The molecule has 0 atom stereocenters. The minimum absolute atomic E-state index is 0.106. The fourth-order valence-electron chi connectivity index (χ4n) is 2.43. The Morgan fingerprint density at radius 3 is 2.73 bits per heavy atom. The third kappa shape index (κ3) is 2.13. The maximum atomic E-state index is 12.9. The second-order valence-electron chi connectivity index (χ2n) is 5.18. The molecule has 1 aliphatic heterocycles. The Bertz CT molecular complexity index is 880. The molecule has 7 nitrogen and oxygen atoms in total. The minimum atomic E-state index is -0.307. The van der Waals surface area contributed by atoms with E-state index in [2.05, 4.69) is 25.6 Å². The Balaban J connectivity index is 1.73. The van der Waals surface area contributed by atoms with Gasteiger partial charge in [0.25, 0.3) is 0 Å². The topological polar surface area (TPSA) is 87.6 Å². The van der Waals surface area contributed by atoms with E-state index in [1.54, 1.807) is 22.9 Å². The van der Waals surface area contributed by atoms with Gasteiger partial charge in [-0.15, -0.1) is 0 Å². The number of nitrogens with one attached hydrogen (secondary N) is 3. The first-order valence-corrected chi connectivity index (χ1v) is 6.91. The Morgan fingerprint density at radius 2 is 2.05 bits per heavy atom. The van der Waals surface area contributed by atoms with Crippen molar-refractivity contribution in [3.8, 4) is 0 Å². The second kappa shape index (κ2) is 4.92.